The number of hydrogen-bond donors (Lipinski definition) is 4. The van der Waals surface area contributed by atoms with Crippen LogP contribution in [0.1, 0.15) is 77.6 Å². The number of rotatable bonds is 14. The van der Waals surface area contributed by atoms with E-state index in [0.717, 1.165) is 19.3 Å². The van der Waals surface area contributed by atoms with Crippen LogP contribution < -0.4 is 22.5 Å². The van der Waals surface area contributed by atoms with Crippen molar-refractivity contribution in [2.24, 2.45) is 22.2 Å². The molecule has 0 aromatic carbocycles. The van der Waals surface area contributed by atoms with E-state index in [9.17, 15) is 9.59 Å². The van der Waals surface area contributed by atoms with Gasteiger partial charge in [-0.15, -0.1) is 0 Å². The largest absolute Gasteiger partial charge is 0.370 e. The minimum absolute atomic E-state index is 0.0218. The minimum Gasteiger partial charge on any atom is -0.370 e. The third-order valence-corrected chi connectivity index (χ3v) is 3.82. The number of carbonyl (C=O) groups is 2. The normalized spacial score (nSPS) is 11.8. The van der Waals surface area contributed by atoms with Crippen molar-refractivity contribution in [2.75, 3.05) is 6.54 Å². The molecule has 0 aromatic rings. The number of guanidine groups is 1. The van der Waals surface area contributed by atoms with E-state index in [2.05, 4.69) is 17.2 Å². The van der Waals surface area contributed by atoms with E-state index in [-0.39, 0.29) is 11.9 Å². The quantitative estimate of drug-likeness (QED) is 0.216. The summed E-state index contributed by atoms with van der Waals surface area (Å²) in [5.74, 6) is -0.650. The number of nitrogens with zero attached hydrogens (tertiary/aromatic N) is 1. The van der Waals surface area contributed by atoms with Gasteiger partial charge >= 0.3 is 0 Å². The average Bonchev–Trinajstić information content (AvgIpc) is 2.53. The lowest BCUT2D eigenvalue weighted by Gasteiger charge is -2.10. The van der Waals surface area contributed by atoms with Crippen LogP contribution in [0.25, 0.3) is 0 Å². The Kier molecular flexibility index (Phi) is 13.9. The zero-order chi connectivity index (χ0) is 18.2. The third kappa shape index (κ3) is 14.0. The van der Waals surface area contributed by atoms with Crippen molar-refractivity contribution in [2.45, 2.75) is 83.6 Å². The molecule has 1 atom stereocenters. The highest BCUT2D eigenvalue weighted by Gasteiger charge is 2.15. The number of carbonyl (C=O) groups excluding carboxylic acids is 2. The second kappa shape index (κ2) is 14.9. The molecule has 0 aliphatic rings. The van der Waals surface area contributed by atoms with Gasteiger partial charge in [-0.25, -0.2) is 0 Å². The topological polar surface area (TPSA) is 137 Å². The highest BCUT2D eigenvalue weighted by molar-refractivity contribution is 5.97. The zero-order valence-corrected chi connectivity index (χ0v) is 15.1. The third-order valence-electron chi connectivity index (χ3n) is 3.82. The van der Waals surface area contributed by atoms with Crippen LogP contribution in [0, 0.1) is 0 Å². The Morgan fingerprint density at radius 3 is 2.12 bits per heavy atom. The SMILES string of the molecule is CCCCCCCCCCC(=O)NC(=O)[C@@H](N)CCCN=C(N)N. The number of amides is 2. The fourth-order valence-corrected chi connectivity index (χ4v) is 2.36. The van der Waals surface area contributed by atoms with Crippen molar-refractivity contribution >= 4 is 17.8 Å². The molecule has 0 aromatic heterocycles. The summed E-state index contributed by atoms with van der Waals surface area (Å²) in [7, 11) is 0. The molecule has 24 heavy (non-hydrogen) atoms. The van der Waals surface area contributed by atoms with Crippen LogP contribution in [0.2, 0.25) is 0 Å². The summed E-state index contributed by atoms with van der Waals surface area (Å²) in [6.07, 6.45) is 10.7. The molecule has 140 valence electrons. The Labute approximate surface area is 145 Å². The van der Waals surface area contributed by atoms with E-state index in [1.165, 1.54) is 32.1 Å². The monoisotopic (exact) mass is 341 g/mol. The van der Waals surface area contributed by atoms with E-state index in [1.807, 2.05) is 0 Å². The average molecular weight is 342 g/mol. The van der Waals surface area contributed by atoms with Gasteiger partial charge in [0, 0.05) is 13.0 Å². The second-order valence-electron chi connectivity index (χ2n) is 6.19. The molecule has 0 unspecified atom stereocenters. The highest BCUT2D eigenvalue weighted by Crippen LogP contribution is 2.09. The van der Waals surface area contributed by atoms with Crippen LogP contribution in [0.4, 0.5) is 0 Å². The van der Waals surface area contributed by atoms with E-state index >= 15 is 0 Å². The van der Waals surface area contributed by atoms with Gasteiger partial charge in [0.2, 0.25) is 11.8 Å². The number of aliphatic imine (C=N–C) groups is 1. The van der Waals surface area contributed by atoms with E-state index in [0.29, 0.717) is 25.8 Å². The molecule has 0 saturated heterocycles. The van der Waals surface area contributed by atoms with E-state index < -0.39 is 11.9 Å². The molecular formula is C17H35N5O2. The summed E-state index contributed by atoms with van der Waals surface area (Å²) < 4.78 is 0. The van der Waals surface area contributed by atoms with Crippen LogP contribution in [0.5, 0.6) is 0 Å². The van der Waals surface area contributed by atoms with Crippen molar-refractivity contribution < 1.29 is 9.59 Å². The van der Waals surface area contributed by atoms with Crippen LogP contribution in [0.3, 0.4) is 0 Å². The summed E-state index contributed by atoms with van der Waals surface area (Å²) >= 11 is 0. The molecule has 0 heterocycles. The van der Waals surface area contributed by atoms with Gasteiger partial charge in [0.25, 0.3) is 0 Å². The first-order valence-electron chi connectivity index (χ1n) is 9.12. The Morgan fingerprint density at radius 1 is 0.958 bits per heavy atom. The molecule has 7 nitrogen and oxygen atoms in total. The summed E-state index contributed by atoms with van der Waals surface area (Å²) in [6.45, 7) is 2.63. The van der Waals surface area contributed by atoms with Gasteiger partial charge in [-0.05, 0) is 19.3 Å². The molecule has 0 fully saturated rings. The number of nitrogens with one attached hydrogen (secondary N) is 1. The first kappa shape index (κ1) is 22.4. The Hall–Kier alpha value is -1.63. The second-order valence-corrected chi connectivity index (χ2v) is 6.19. The van der Waals surface area contributed by atoms with E-state index in [1.54, 1.807) is 0 Å². The van der Waals surface area contributed by atoms with Gasteiger partial charge in [-0.3, -0.25) is 19.9 Å². The summed E-state index contributed by atoms with van der Waals surface area (Å²) in [6, 6.07) is -0.707. The fourth-order valence-electron chi connectivity index (χ4n) is 2.36. The van der Waals surface area contributed by atoms with Crippen molar-refractivity contribution in [1.82, 2.24) is 5.32 Å². The van der Waals surface area contributed by atoms with Crippen molar-refractivity contribution in [3.05, 3.63) is 0 Å². The molecule has 7 heteroatoms. The number of imide groups is 1. The maximum atomic E-state index is 11.8. The minimum atomic E-state index is -0.707. The van der Waals surface area contributed by atoms with Crippen LogP contribution in [-0.4, -0.2) is 30.4 Å². The predicted molar refractivity (Wildman–Crippen MR) is 98.3 cm³/mol. The molecule has 7 N–H and O–H groups in total. The van der Waals surface area contributed by atoms with Gasteiger partial charge in [0.1, 0.15) is 0 Å². The van der Waals surface area contributed by atoms with Crippen molar-refractivity contribution in [3.63, 3.8) is 0 Å². The van der Waals surface area contributed by atoms with E-state index in [4.69, 9.17) is 17.2 Å². The fraction of sp³-hybridized carbons (Fsp3) is 0.824. The molecule has 0 spiro atoms. The van der Waals surface area contributed by atoms with Crippen LogP contribution >= 0.6 is 0 Å². The summed E-state index contributed by atoms with van der Waals surface area (Å²) in [4.78, 5) is 27.3. The smallest absolute Gasteiger partial charge is 0.243 e. The maximum absolute atomic E-state index is 11.8. The molecule has 2 amide bonds. The number of nitrogens with two attached hydrogens (primary N) is 3. The zero-order valence-electron chi connectivity index (χ0n) is 15.1. The molecule has 0 bridgehead atoms. The van der Waals surface area contributed by atoms with Crippen LogP contribution in [-0.2, 0) is 9.59 Å². The molecule has 0 rings (SSSR count). The van der Waals surface area contributed by atoms with Gasteiger partial charge in [0.05, 0.1) is 6.04 Å². The first-order valence-corrected chi connectivity index (χ1v) is 9.12. The Morgan fingerprint density at radius 2 is 1.54 bits per heavy atom. The Bertz CT molecular complexity index is 381. The molecular weight excluding hydrogens is 306 g/mol. The van der Waals surface area contributed by atoms with Crippen molar-refractivity contribution in [1.29, 1.82) is 0 Å². The lowest BCUT2D eigenvalue weighted by molar-refractivity contribution is -0.131. The number of unbranched alkanes of at least 4 members (excludes halogenated alkanes) is 7. The molecule has 0 radical (unpaired) electrons. The predicted octanol–water partition coefficient (Wildman–Crippen LogP) is 1.54. The molecule has 0 aliphatic heterocycles. The van der Waals surface area contributed by atoms with Crippen molar-refractivity contribution in [3.8, 4) is 0 Å². The number of hydrogen-bond acceptors (Lipinski definition) is 4. The summed E-state index contributed by atoms with van der Waals surface area (Å²) in [5, 5.41) is 2.36. The standard InChI is InChI=1S/C17H35N5O2/c1-2-3-4-5-6-7-8-9-12-15(23)22-16(24)14(18)11-10-13-21-17(19)20/h14H,2-13,18H2,1H3,(H4,19,20,21)(H,22,23,24)/t14-/m0/s1. The summed E-state index contributed by atoms with van der Waals surface area (Å²) in [5.41, 5.74) is 16.2. The first-order chi connectivity index (χ1) is 11.5. The molecule has 0 saturated carbocycles. The lowest BCUT2D eigenvalue weighted by Crippen LogP contribution is -2.43. The maximum Gasteiger partial charge on any atom is 0.243 e. The Balaban J connectivity index is 3.64. The molecule has 0 aliphatic carbocycles. The highest BCUT2D eigenvalue weighted by atomic mass is 16.2. The van der Waals surface area contributed by atoms with Crippen LogP contribution in [0.15, 0.2) is 4.99 Å². The van der Waals surface area contributed by atoms with Gasteiger partial charge in [0.15, 0.2) is 5.96 Å². The lowest BCUT2D eigenvalue weighted by atomic mass is 10.1. The van der Waals surface area contributed by atoms with Gasteiger partial charge in [-0.1, -0.05) is 51.9 Å². The van der Waals surface area contributed by atoms with Gasteiger partial charge in [-0.2, -0.15) is 0 Å². The van der Waals surface area contributed by atoms with Gasteiger partial charge < -0.3 is 17.2 Å².